The van der Waals surface area contributed by atoms with Crippen molar-refractivity contribution in [3.8, 4) is 0 Å². The van der Waals surface area contributed by atoms with E-state index in [1.165, 1.54) is 11.6 Å². The molecule has 9 heteroatoms. The number of nitrogens with zero attached hydrogens (tertiary/aromatic N) is 4. The van der Waals surface area contributed by atoms with Crippen molar-refractivity contribution in [3.05, 3.63) is 55.1 Å². The lowest BCUT2D eigenvalue weighted by Gasteiger charge is -2.12. The fourth-order valence-electron chi connectivity index (χ4n) is 2.95. The van der Waals surface area contributed by atoms with Crippen LogP contribution in [0, 0.1) is 0 Å². The number of hydrogen-bond acceptors (Lipinski definition) is 5. The van der Waals surface area contributed by atoms with Gasteiger partial charge >= 0.3 is 5.69 Å². The number of aromatic nitrogens is 4. The Bertz CT molecular complexity index is 1080. The average Bonchev–Trinajstić information content (AvgIpc) is 3.02. The molecule has 3 rings (SSSR count). The molecule has 0 saturated carbocycles. The first-order valence-corrected chi connectivity index (χ1v) is 9.37. The minimum Gasteiger partial charge on any atom is -0.385 e. The minimum absolute atomic E-state index is 0.363. The Balaban J connectivity index is 2.16. The van der Waals surface area contributed by atoms with E-state index >= 15 is 0 Å². The summed E-state index contributed by atoms with van der Waals surface area (Å²) in [6.07, 6.45) is 0.797. The van der Waals surface area contributed by atoms with Gasteiger partial charge < -0.3 is 10.1 Å². The van der Waals surface area contributed by atoms with Gasteiger partial charge in [0, 0.05) is 38.8 Å². The van der Waals surface area contributed by atoms with Crippen LogP contribution in [0.4, 0.5) is 5.95 Å². The predicted octanol–water partition coefficient (Wildman–Crippen LogP) is 1.69. The largest absolute Gasteiger partial charge is 0.385 e. The average molecular weight is 436 g/mol. The number of hydrogen-bond donors (Lipinski definition) is 1. The second-order valence-electron chi connectivity index (χ2n) is 6.26. The van der Waals surface area contributed by atoms with E-state index in [0.717, 1.165) is 21.0 Å². The molecule has 2 aromatic heterocycles. The monoisotopic (exact) mass is 435 g/mol. The van der Waals surface area contributed by atoms with Crippen LogP contribution in [0.3, 0.4) is 0 Å². The Labute approximate surface area is 164 Å². The van der Waals surface area contributed by atoms with Crippen LogP contribution in [-0.4, -0.2) is 38.9 Å². The van der Waals surface area contributed by atoms with Crippen molar-refractivity contribution >= 4 is 33.0 Å². The SMILES string of the molecule is COCCCNc1nc2c(c(=O)n(C)c(=O)n2C)n1Cc1ccccc1Br. The minimum atomic E-state index is -0.399. The Kier molecular flexibility index (Phi) is 5.81. The molecular weight excluding hydrogens is 414 g/mol. The molecule has 8 nitrogen and oxygen atoms in total. The van der Waals surface area contributed by atoms with Gasteiger partial charge in [0.2, 0.25) is 5.95 Å². The van der Waals surface area contributed by atoms with Crippen LogP contribution in [-0.2, 0) is 25.4 Å². The quantitative estimate of drug-likeness (QED) is 0.570. The third-order valence-corrected chi connectivity index (χ3v) is 5.22. The molecule has 144 valence electrons. The Hall–Kier alpha value is -2.39. The van der Waals surface area contributed by atoms with Gasteiger partial charge in [0.15, 0.2) is 11.2 Å². The highest BCUT2D eigenvalue weighted by molar-refractivity contribution is 9.10. The molecule has 27 heavy (non-hydrogen) atoms. The maximum Gasteiger partial charge on any atom is 0.332 e. The topological polar surface area (TPSA) is 83.1 Å². The van der Waals surface area contributed by atoms with Crippen molar-refractivity contribution in [2.24, 2.45) is 14.1 Å². The number of ether oxygens (including phenoxy) is 1. The first-order chi connectivity index (χ1) is 13.0. The molecule has 0 fully saturated rings. The van der Waals surface area contributed by atoms with Crippen LogP contribution < -0.4 is 16.6 Å². The fourth-order valence-corrected chi connectivity index (χ4v) is 3.36. The van der Waals surface area contributed by atoms with Crippen molar-refractivity contribution < 1.29 is 4.74 Å². The lowest BCUT2D eigenvalue weighted by atomic mass is 10.2. The van der Waals surface area contributed by atoms with Crippen LogP contribution in [0.1, 0.15) is 12.0 Å². The summed E-state index contributed by atoms with van der Waals surface area (Å²) in [5, 5.41) is 3.26. The zero-order chi connectivity index (χ0) is 19.6. The van der Waals surface area contributed by atoms with E-state index in [0.29, 0.717) is 36.8 Å². The highest BCUT2D eigenvalue weighted by Gasteiger charge is 2.19. The molecule has 3 aromatic rings. The predicted molar refractivity (Wildman–Crippen MR) is 108 cm³/mol. The van der Waals surface area contributed by atoms with Gasteiger partial charge in [0.25, 0.3) is 5.56 Å². The maximum absolute atomic E-state index is 12.8. The number of nitrogens with one attached hydrogen (secondary N) is 1. The number of benzene rings is 1. The summed E-state index contributed by atoms with van der Waals surface area (Å²) in [5.74, 6) is 0.551. The van der Waals surface area contributed by atoms with Gasteiger partial charge in [0.05, 0.1) is 6.54 Å². The van der Waals surface area contributed by atoms with Crippen molar-refractivity contribution in [2.75, 3.05) is 25.6 Å². The highest BCUT2D eigenvalue weighted by Crippen LogP contribution is 2.22. The van der Waals surface area contributed by atoms with Gasteiger partial charge in [-0.2, -0.15) is 4.98 Å². The third kappa shape index (κ3) is 3.70. The zero-order valence-corrected chi connectivity index (χ0v) is 17.1. The van der Waals surface area contributed by atoms with Gasteiger partial charge in [-0.3, -0.25) is 18.5 Å². The van der Waals surface area contributed by atoms with Gasteiger partial charge in [-0.25, -0.2) is 4.79 Å². The van der Waals surface area contributed by atoms with Crippen LogP contribution in [0.15, 0.2) is 38.3 Å². The molecule has 0 aliphatic carbocycles. The third-order valence-electron chi connectivity index (χ3n) is 4.44. The molecule has 2 heterocycles. The molecule has 0 unspecified atom stereocenters. The van der Waals surface area contributed by atoms with E-state index in [9.17, 15) is 9.59 Å². The summed E-state index contributed by atoms with van der Waals surface area (Å²) in [6, 6.07) is 7.82. The number of fused-ring (bicyclic) bond motifs is 1. The van der Waals surface area contributed by atoms with Gasteiger partial charge in [0.1, 0.15) is 0 Å². The lowest BCUT2D eigenvalue weighted by molar-refractivity contribution is 0.197. The summed E-state index contributed by atoms with van der Waals surface area (Å²) in [6.45, 7) is 1.71. The summed E-state index contributed by atoms with van der Waals surface area (Å²) in [5.41, 5.74) is 1.00. The molecule has 0 spiro atoms. The van der Waals surface area contributed by atoms with E-state index in [4.69, 9.17) is 4.74 Å². The van der Waals surface area contributed by atoms with Crippen LogP contribution in [0.2, 0.25) is 0 Å². The molecule has 0 radical (unpaired) electrons. The molecule has 0 aliphatic rings. The molecular formula is C18H22BrN5O3. The second kappa shape index (κ2) is 8.10. The number of rotatable bonds is 7. The van der Waals surface area contributed by atoms with Gasteiger partial charge in [-0.05, 0) is 18.1 Å². The summed E-state index contributed by atoms with van der Waals surface area (Å²) in [4.78, 5) is 29.6. The number of halogens is 1. The van der Waals surface area contributed by atoms with Crippen molar-refractivity contribution in [1.82, 2.24) is 18.7 Å². The summed E-state index contributed by atoms with van der Waals surface area (Å²) in [7, 11) is 4.75. The van der Waals surface area contributed by atoms with E-state index < -0.39 is 5.69 Å². The van der Waals surface area contributed by atoms with Gasteiger partial charge in [-0.15, -0.1) is 0 Å². The highest BCUT2D eigenvalue weighted by atomic mass is 79.9. The van der Waals surface area contributed by atoms with E-state index in [1.807, 2.05) is 28.8 Å². The molecule has 1 aromatic carbocycles. The Morgan fingerprint density at radius 2 is 1.93 bits per heavy atom. The fraction of sp³-hybridized carbons (Fsp3) is 0.389. The number of imidazole rings is 1. The second-order valence-corrected chi connectivity index (χ2v) is 7.12. The van der Waals surface area contributed by atoms with Gasteiger partial charge in [-0.1, -0.05) is 34.1 Å². The molecule has 0 aliphatic heterocycles. The molecule has 1 N–H and O–H groups in total. The van der Waals surface area contributed by atoms with E-state index in [2.05, 4.69) is 26.2 Å². The van der Waals surface area contributed by atoms with Crippen molar-refractivity contribution in [3.63, 3.8) is 0 Å². The Morgan fingerprint density at radius 3 is 2.63 bits per heavy atom. The van der Waals surface area contributed by atoms with E-state index in [1.54, 1.807) is 14.2 Å². The van der Waals surface area contributed by atoms with E-state index in [-0.39, 0.29) is 5.56 Å². The first-order valence-electron chi connectivity index (χ1n) is 8.58. The molecule has 0 bridgehead atoms. The molecule has 0 atom stereocenters. The lowest BCUT2D eigenvalue weighted by Crippen LogP contribution is -2.37. The number of anilines is 1. The molecule has 0 amide bonds. The molecule has 0 saturated heterocycles. The maximum atomic E-state index is 12.8. The van der Waals surface area contributed by atoms with Crippen molar-refractivity contribution in [2.45, 2.75) is 13.0 Å². The number of aryl methyl sites for hydroxylation is 1. The summed E-state index contributed by atoms with van der Waals surface area (Å²) >= 11 is 3.55. The van der Waals surface area contributed by atoms with Crippen LogP contribution in [0.5, 0.6) is 0 Å². The standard InChI is InChI=1S/C18H22BrN5O3/c1-22-15-14(16(25)23(2)18(22)26)24(11-12-7-4-5-8-13(12)19)17(21-15)20-9-6-10-27-3/h4-5,7-8H,6,9-11H2,1-3H3,(H,20,21). The van der Waals surface area contributed by atoms with Crippen molar-refractivity contribution in [1.29, 1.82) is 0 Å². The normalized spacial score (nSPS) is 11.3. The van der Waals surface area contributed by atoms with Crippen LogP contribution in [0.25, 0.3) is 11.2 Å². The first kappa shape index (κ1) is 19.4. The smallest absolute Gasteiger partial charge is 0.332 e. The zero-order valence-electron chi connectivity index (χ0n) is 15.5. The Morgan fingerprint density at radius 1 is 1.19 bits per heavy atom. The number of methoxy groups -OCH3 is 1. The van der Waals surface area contributed by atoms with Crippen LogP contribution >= 0.6 is 15.9 Å². The summed E-state index contributed by atoms with van der Waals surface area (Å²) < 4.78 is 10.3.